The third kappa shape index (κ3) is 4.42. The zero-order chi connectivity index (χ0) is 14.9. The highest BCUT2D eigenvalue weighted by molar-refractivity contribution is 5.21. The highest BCUT2D eigenvalue weighted by atomic mass is 15.2. The lowest BCUT2D eigenvalue weighted by atomic mass is 10.0. The number of hydrogen-bond acceptors (Lipinski definition) is 3. The summed E-state index contributed by atoms with van der Waals surface area (Å²) in [6, 6.07) is 22.9. The number of nitrogens with zero attached hydrogens (tertiary/aromatic N) is 2. The summed E-state index contributed by atoms with van der Waals surface area (Å²) >= 11 is 0. The summed E-state index contributed by atoms with van der Waals surface area (Å²) in [6.45, 7) is 2.16. The van der Waals surface area contributed by atoms with Gasteiger partial charge in [0, 0.05) is 25.7 Å². The van der Waals surface area contributed by atoms with Crippen molar-refractivity contribution in [2.24, 2.45) is 5.73 Å². The van der Waals surface area contributed by atoms with E-state index in [1.807, 2.05) is 36.4 Å². The lowest BCUT2D eigenvalue weighted by Gasteiger charge is -2.30. The zero-order valence-corrected chi connectivity index (χ0v) is 12.2. The Bertz CT molecular complexity index is 560. The monoisotopic (exact) mass is 279 g/mol. The molecule has 0 heterocycles. The molecule has 108 valence electrons. The third-order valence-corrected chi connectivity index (χ3v) is 3.55. The Balaban J connectivity index is 2.22. The molecule has 1 atom stereocenters. The molecule has 2 aromatic carbocycles. The van der Waals surface area contributed by atoms with Crippen LogP contribution in [0, 0.1) is 11.3 Å². The molecular weight excluding hydrogens is 258 g/mol. The average Bonchev–Trinajstić information content (AvgIpc) is 2.54. The van der Waals surface area contributed by atoms with E-state index >= 15 is 0 Å². The molecule has 3 nitrogen and oxygen atoms in total. The molecule has 2 aromatic rings. The molecule has 0 aliphatic carbocycles. The molecule has 0 amide bonds. The maximum absolute atomic E-state index is 9.17. The van der Waals surface area contributed by atoms with Crippen molar-refractivity contribution in [3.05, 3.63) is 71.8 Å². The van der Waals surface area contributed by atoms with Crippen LogP contribution in [-0.2, 0) is 6.54 Å². The van der Waals surface area contributed by atoms with E-state index in [9.17, 15) is 5.26 Å². The molecular formula is C18H21N3. The third-order valence-electron chi connectivity index (χ3n) is 3.55. The van der Waals surface area contributed by atoms with E-state index in [-0.39, 0.29) is 6.04 Å². The van der Waals surface area contributed by atoms with Gasteiger partial charge in [0.15, 0.2) is 0 Å². The molecule has 0 bridgehead atoms. The van der Waals surface area contributed by atoms with Crippen molar-refractivity contribution in [3.63, 3.8) is 0 Å². The first kappa shape index (κ1) is 15.2. The van der Waals surface area contributed by atoms with Crippen molar-refractivity contribution in [1.82, 2.24) is 4.90 Å². The minimum atomic E-state index is 0.0833. The van der Waals surface area contributed by atoms with E-state index in [4.69, 9.17) is 5.73 Å². The molecule has 2 N–H and O–H groups in total. The molecule has 0 fully saturated rings. The summed E-state index contributed by atoms with van der Waals surface area (Å²) in [6.07, 6.45) is 0.469. The molecule has 0 radical (unpaired) electrons. The number of nitriles is 1. The fourth-order valence-corrected chi connectivity index (χ4v) is 2.55. The van der Waals surface area contributed by atoms with Crippen molar-refractivity contribution in [2.75, 3.05) is 13.1 Å². The summed E-state index contributed by atoms with van der Waals surface area (Å²) in [7, 11) is 0. The molecule has 2 rings (SSSR count). The average molecular weight is 279 g/mol. The second-order valence-corrected chi connectivity index (χ2v) is 5.03. The van der Waals surface area contributed by atoms with Crippen molar-refractivity contribution < 1.29 is 0 Å². The predicted octanol–water partition coefficient (Wildman–Crippen LogP) is 3.10. The summed E-state index contributed by atoms with van der Waals surface area (Å²) in [5.74, 6) is 0. The van der Waals surface area contributed by atoms with Crippen LogP contribution < -0.4 is 5.73 Å². The van der Waals surface area contributed by atoms with Crippen LogP contribution in [0.25, 0.3) is 0 Å². The molecule has 21 heavy (non-hydrogen) atoms. The van der Waals surface area contributed by atoms with E-state index < -0.39 is 0 Å². The van der Waals surface area contributed by atoms with Gasteiger partial charge in [-0.1, -0.05) is 60.7 Å². The summed E-state index contributed by atoms with van der Waals surface area (Å²) in [5, 5.41) is 9.17. The van der Waals surface area contributed by atoms with Crippen molar-refractivity contribution >= 4 is 0 Å². The molecule has 0 saturated carbocycles. The zero-order valence-electron chi connectivity index (χ0n) is 12.2. The maximum Gasteiger partial charge on any atom is 0.0641 e. The Morgan fingerprint density at radius 1 is 1.00 bits per heavy atom. The lowest BCUT2D eigenvalue weighted by Crippen LogP contribution is -2.33. The fourth-order valence-electron chi connectivity index (χ4n) is 2.55. The van der Waals surface area contributed by atoms with Gasteiger partial charge in [-0.15, -0.1) is 0 Å². The van der Waals surface area contributed by atoms with Crippen LogP contribution in [0.3, 0.4) is 0 Å². The van der Waals surface area contributed by atoms with Gasteiger partial charge >= 0.3 is 0 Å². The minimum Gasteiger partial charge on any atom is -0.329 e. The van der Waals surface area contributed by atoms with Crippen LogP contribution in [0.1, 0.15) is 23.6 Å². The number of hydrogen-bond donors (Lipinski definition) is 1. The summed E-state index contributed by atoms with van der Waals surface area (Å²) in [5.41, 5.74) is 8.18. The van der Waals surface area contributed by atoms with E-state index in [1.165, 1.54) is 11.1 Å². The van der Waals surface area contributed by atoms with Gasteiger partial charge in [-0.2, -0.15) is 5.26 Å². The van der Waals surface area contributed by atoms with Crippen molar-refractivity contribution in [3.8, 4) is 6.07 Å². The highest BCUT2D eigenvalue weighted by Crippen LogP contribution is 2.25. The van der Waals surface area contributed by atoms with Gasteiger partial charge < -0.3 is 5.73 Å². The smallest absolute Gasteiger partial charge is 0.0641 e. The minimum absolute atomic E-state index is 0.0833. The molecule has 0 spiro atoms. The number of rotatable bonds is 7. The van der Waals surface area contributed by atoms with E-state index in [0.717, 1.165) is 13.1 Å². The van der Waals surface area contributed by atoms with Crippen LogP contribution >= 0.6 is 0 Å². The van der Waals surface area contributed by atoms with Gasteiger partial charge in [-0.3, -0.25) is 4.90 Å². The topological polar surface area (TPSA) is 53.0 Å². The summed E-state index contributed by atoms with van der Waals surface area (Å²) < 4.78 is 0. The van der Waals surface area contributed by atoms with E-state index in [2.05, 4.69) is 35.2 Å². The van der Waals surface area contributed by atoms with Gasteiger partial charge in [0.05, 0.1) is 12.5 Å². The van der Waals surface area contributed by atoms with Crippen LogP contribution in [0.15, 0.2) is 60.7 Å². The first-order chi connectivity index (χ1) is 10.3. The second kappa shape index (κ2) is 8.21. The van der Waals surface area contributed by atoms with E-state index in [1.54, 1.807) is 0 Å². The number of benzene rings is 2. The van der Waals surface area contributed by atoms with Crippen LogP contribution in [-0.4, -0.2) is 18.0 Å². The SMILES string of the molecule is N#CCC(c1ccccc1)N(CCN)Cc1ccccc1. The summed E-state index contributed by atoms with van der Waals surface area (Å²) in [4.78, 5) is 2.29. The quantitative estimate of drug-likeness (QED) is 0.847. The van der Waals surface area contributed by atoms with Crippen LogP contribution in [0.5, 0.6) is 0 Å². The molecule has 3 heteroatoms. The number of nitrogens with two attached hydrogens (primary N) is 1. The predicted molar refractivity (Wildman–Crippen MR) is 85.3 cm³/mol. The molecule has 0 aliphatic heterocycles. The first-order valence-electron chi connectivity index (χ1n) is 7.25. The Kier molecular flexibility index (Phi) is 5.96. The van der Waals surface area contributed by atoms with Gasteiger partial charge in [0.2, 0.25) is 0 Å². The molecule has 0 saturated heterocycles. The Morgan fingerprint density at radius 2 is 1.62 bits per heavy atom. The fraction of sp³-hybridized carbons (Fsp3) is 0.278. The van der Waals surface area contributed by atoms with Crippen LogP contribution in [0.4, 0.5) is 0 Å². The van der Waals surface area contributed by atoms with Gasteiger partial charge in [0.25, 0.3) is 0 Å². The van der Waals surface area contributed by atoms with Crippen molar-refractivity contribution in [1.29, 1.82) is 5.26 Å². The molecule has 1 unspecified atom stereocenters. The molecule has 0 aliphatic rings. The van der Waals surface area contributed by atoms with E-state index in [0.29, 0.717) is 13.0 Å². The highest BCUT2D eigenvalue weighted by Gasteiger charge is 2.19. The standard InChI is InChI=1S/C18H21N3/c19-12-11-18(17-9-5-2-6-10-17)21(14-13-20)15-16-7-3-1-4-8-16/h1-10,18H,11,13-15,20H2. The Morgan fingerprint density at radius 3 is 2.19 bits per heavy atom. The largest absolute Gasteiger partial charge is 0.329 e. The van der Waals surface area contributed by atoms with Gasteiger partial charge in [-0.25, -0.2) is 0 Å². The normalized spacial score (nSPS) is 12.0. The van der Waals surface area contributed by atoms with Gasteiger partial charge in [-0.05, 0) is 11.1 Å². The van der Waals surface area contributed by atoms with Crippen molar-refractivity contribution in [2.45, 2.75) is 19.0 Å². The maximum atomic E-state index is 9.17. The lowest BCUT2D eigenvalue weighted by molar-refractivity contribution is 0.196. The first-order valence-corrected chi connectivity index (χ1v) is 7.25. The molecule has 0 aromatic heterocycles. The second-order valence-electron chi connectivity index (χ2n) is 5.03. The van der Waals surface area contributed by atoms with Gasteiger partial charge in [0.1, 0.15) is 0 Å². The Labute approximate surface area is 126 Å². The Hall–Kier alpha value is -2.15. The van der Waals surface area contributed by atoms with Crippen LogP contribution in [0.2, 0.25) is 0 Å².